The zero-order valence-electron chi connectivity index (χ0n) is 12.5. The molecule has 116 valence electrons. The third-order valence-electron chi connectivity index (χ3n) is 4.06. The van der Waals surface area contributed by atoms with Crippen molar-refractivity contribution in [2.24, 2.45) is 0 Å². The van der Waals surface area contributed by atoms with Crippen LogP contribution in [0.5, 0.6) is 5.75 Å². The van der Waals surface area contributed by atoms with Crippen LogP contribution in [0.25, 0.3) is 0 Å². The van der Waals surface area contributed by atoms with Gasteiger partial charge in [0, 0.05) is 6.42 Å². The smallest absolute Gasteiger partial charge is 0.324 e. The van der Waals surface area contributed by atoms with Crippen molar-refractivity contribution in [3.63, 3.8) is 0 Å². The molecule has 0 amide bonds. The number of halogens is 1. The standard InChI is InChI=1S/C16H22FNO3/c1-3-18-16(15(19)20)8-4-5-13(10-16)21-12-6-7-14(17)11(2)9-12/h6-7,9,13,18H,3-5,8,10H2,1-2H3,(H,19,20). The van der Waals surface area contributed by atoms with Crippen molar-refractivity contribution >= 4 is 5.97 Å². The Morgan fingerprint density at radius 3 is 2.95 bits per heavy atom. The Hall–Kier alpha value is -1.62. The molecule has 2 N–H and O–H groups in total. The molecule has 21 heavy (non-hydrogen) atoms. The van der Waals surface area contributed by atoms with Gasteiger partial charge in [0.1, 0.15) is 23.2 Å². The van der Waals surface area contributed by atoms with Gasteiger partial charge in [0.05, 0.1) is 0 Å². The summed E-state index contributed by atoms with van der Waals surface area (Å²) in [5.74, 6) is -0.497. The molecule has 1 aromatic rings. The number of hydrogen-bond acceptors (Lipinski definition) is 3. The monoisotopic (exact) mass is 295 g/mol. The summed E-state index contributed by atoms with van der Waals surface area (Å²) >= 11 is 0. The van der Waals surface area contributed by atoms with Crippen molar-refractivity contribution in [1.29, 1.82) is 0 Å². The van der Waals surface area contributed by atoms with Crippen LogP contribution in [0.3, 0.4) is 0 Å². The van der Waals surface area contributed by atoms with Crippen molar-refractivity contribution in [2.45, 2.75) is 51.2 Å². The predicted octanol–water partition coefficient (Wildman–Crippen LogP) is 2.89. The third kappa shape index (κ3) is 3.53. The molecule has 1 saturated carbocycles. The van der Waals surface area contributed by atoms with Gasteiger partial charge in [-0.1, -0.05) is 6.92 Å². The second kappa shape index (κ2) is 6.43. The van der Waals surface area contributed by atoms with Crippen LogP contribution < -0.4 is 10.1 Å². The summed E-state index contributed by atoms with van der Waals surface area (Å²) in [5.41, 5.74) is -0.383. The molecule has 0 radical (unpaired) electrons. The van der Waals surface area contributed by atoms with E-state index < -0.39 is 11.5 Å². The summed E-state index contributed by atoms with van der Waals surface area (Å²) in [6.45, 7) is 4.19. The van der Waals surface area contributed by atoms with Crippen molar-refractivity contribution in [3.8, 4) is 5.75 Å². The molecule has 5 heteroatoms. The fourth-order valence-corrected chi connectivity index (χ4v) is 2.98. The highest BCUT2D eigenvalue weighted by atomic mass is 19.1. The molecule has 0 bridgehead atoms. The lowest BCUT2D eigenvalue weighted by Crippen LogP contribution is -2.56. The molecule has 0 aromatic heterocycles. The van der Waals surface area contributed by atoms with Gasteiger partial charge in [-0.15, -0.1) is 0 Å². The normalized spacial score (nSPS) is 25.6. The quantitative estimate of drug-likeness (QED) is 0.877. The fraction of sp³-hybridized carbons (Fsp3) is 0.562. The molecular weight excluding hydrogens is 273 g/mol. The molecular formula is C16H22FNO3. The van der Waals surface area contributed by atoms with Gasteiger partial charge < -0.3 is 15.2 Å². The number of ether oxygens (including phenoxy) is 1. The largest absolute Gasteiger partial charge is 0.490 e. The van der Waals surface area contributed by atoms with Crippen molar-refractivity contribution in [2.75, 3.05) is 6.54 Å². The Morgan fingerprint density at radius 1 is 1.57 bits per heavy atom. The molecule has 0 heterocycles. The Morgan fingerprint density at radius 2 is 2.33 bits per heavy atom. The molecule has 0 aliphatic heterocycles. The summed E-state index contributed by atoms with van der Waals surface area (Å²) in [5, 5.41) is 12.6. The van der Waals surface area contributed by atoms with Gasteiger partial charge in [0.15, 0.2) is 0 Å². The Kier molecular flexibility index (Phi) is 4.83. The lowest BCUT2D eigenvalue weighted by molar-refractivity contribution is -0.147. The summed E-state index contributed by atoms with van der Waals surface area (Å²) in [7, 11) is 0. The average molecular weight is 295 g/mol. The van der Waals surface area contributed by atoms with Crippen LogP contribution in [-0.2, 0) is 4.79 Å². The number of nitrogens with one attached hydrogen (secondary N) is 1. The number of carboxylic acid groups (broad SMARTS) is 1. The van der Waals surface area contributed by atoms with E-state index in [1.54, 1.807) is 19.1 Å². The number of carboxylic acids is 1. The zero-order chi connectivity index (χ0) is 15.5. The Bertz CT molecular complexity index is 516. The van der Waals surface area contributed by atoms with Crippen molar-refractivity contribution in [1.82, 2.24) is 5.32 Å². The van der Waals surface area contributed by atoms with Gasteiger partial charge in [-0.3, -0.25) is 4.79 Å². The summed E-state index contributed by atoms with van der Waals surface area (Å²) in [6, 6.07) is 4.62. The molecule has 1 aromatic carbocycles. The first-order valence-corrected chi connectivity index (χ1v) is 7.38. The molecule has 1 aliphatic rings. The van der Waals surface area contributed by atoms with E-state index in [4.69, 9.17) is 4.74 Å². The van der Waals surface area contributed by atoms with Gasteiger partial charge in [0.2, 0.25) is 0 Å². The molecule has 2 atom stereocenters. The first-order valence-electron chi connectivity index (χ1n) is 7.38. The molecule has 4 nitrogen and oxygen atoms in total. The summed E-state index contributed by atoms with van der Waals surface area (Å²) < 4.78 is 19.1. The SMILES string of the molecule is CCNC1(C(=O)O)CCCC(Oc2ccc(F)c(C)c2)C1. The van der Waals surface area contributed by atoms with Gasteiger partial charge >= 0.3 is 5.97 Å². The van der Waals surface area contributed by atoms with Crippen molar-refractivity contribution in [3.05, 3.63) is 29.6 Å². The van der Waals surface area contributed by atoms with E-state index in [-0.39, 0.29) is 11.9 Å². The van der Waals surface area contributed by atoms with Crippen LogP contribution in [0.2, 0.25) is 0 Å². The minimum absolute atomic E-state index is 0.168. The van der Waals surface area contributed by atoms with E-state index in [9.17, 15) is 14.3 Å². The highest BCUT2D eigenvalue weighted by Gasteiger charge is 2.43. The van der Waals surface area contributed by atoms with E-state index in [0.717, 1.165) is 12.8 Å². The van der Waals surface area contributed by atoms with Gasteiger partial charge in [-0.2, -0.15) is 0 Å². The number of likely N-dealkylation sites (N-methyl/N-ethyl adjacent to an activating group) is 1. The van der Waals surface area contributed by atoms with E-state index in [1.165, 1.54) is 6.07 Å². The van der Waals surface area contributed by atoms with Crippen LogP contribution in [0.1, 0.15) is 38.2 Å². The van der Waals surface area contributed by atoms with E-state index in [2.05, 4.69) is 5.32 Å². The Labute approximate surface area is 124 Å². The second-order valence-corrected chi connectivity index (χ2v) is 5.66. The maximum Gasteiger partial charge on any atom is 0.324 e. The van der Waals surface area contributed by atoms with Gasteiger partial charge in [0.25, 0.3) is 0 Å². The molecule has 1 fully saturated rings. The zero-order valence-corrected chi connectivity index (χ0v) is 12.5. The lowest BCUT2D eigenvalue weighted by atomic mass is 9.80. The van der Waals surface area contributed by atoms with Crippen LogP contribution in [0, 0.1) is 12.7 Å². The number of benzene rings is 1. The maximum absolute atomic E-state index is 13.3. The molecule has 0 saturated heterocycles. The minimum Gasteiger partial charge on any atom is -0.490 e. The van der Waals surface area contributed by atoms with Gasteiger partial charge in [-0.05, 0) is 56.5 Å². The average Bonchev–Trinajstić information content (AvgIpc) is 2.43. The van der Waals surface area contributed by atoms with Crippen LogP contribution in [-0.4, -0.2) is 29.3 Å². The molecule has 2 rings (SSSR count). The molecule has 1 aliphatic carbocycles. The first kappa shape index (κ1) is 15.8. The highest BCUT2D eigenvalue weighted by Crippen LogP contribution is 2.32. The fourth-order valence-electron chi connectivity index (χ4n) is 2.98. The van der Waals surface area contributed by atoms with Gasteiger partial charge in [-0.25, -0.2) is 4.39 Å². The first-order chi connectivity index (χ1) is 9.97. The second-order valence-electron chi connectivity index (χ2n) is 5.66. The predicted molar refractivity (Wildman–Crippen MR) is 78.1 cm³/mol. The van der Waals surface area contributed by atoms with E-state index in [1.807, 2.05) is 6.92 Å². The molecule has 0 spiro atoms. The van der Waals surface area contributed by atoms with E-state index in [0.29, 0.717) is 30.7 Å². The Balaban J connectivity index is 2.09. The van der Waals surface area contributed by atoms with Crippen LogP contribution in [0.15, 0.2) is 18.2 Å². The number of hydrogen-bond donors (Lipinski definition) is 2. The summed E-state index contributed by atoms with van der Waals surface area (Å²) in [4.78, 5) is 11.6. The number of carbonyl (C=O) groups is 1. The lowest BCUT2D eigenvalue weighted by Gasteiger charge is -2.38. The van der Waals surface area contributed by atoms with Crippen LogP contribution >= 0.6 is 0 Å². The number of aliphatic carboxylic acids is 1. The highest BCUT2D eigenvalue weighted by molar-refractivity contribution is 5.79. The van der Waals surface area contributed by atoms with Crippen molar-refractivity contribution < 1.29 is 19.0 Å². The number of aryl methyl sites for hydroxylation is 1. The third-order valence-corrected chi connectivity index (χ3v) is 4.06. The number of rotatable bonds is 5. The molecule has 2 unspecified atom stereocenters. The topological polar surface area (TPSA) is 58.6 Å². The summed E-state index contributed by atoms with van der Waals surface area (Å²) in [6.07, 6.45) is 2.48. The maximum atomic E-state index is 13.3. The minimum atomic E-state index is -0.910. The van der Waals surface area contributed by atoms with E-state index >= 15 is 0 Å². The van der Waals surface area contributed by atoms with Crippen LogP contribution in [0.4, 0.5) is 4.39 Å².